The Bertz CT molecular complexity index is 2720. The van der Waals surface area contributed by atoms with Crippen LogP contribution in [-0.2, 0) is 5.41 Å². The SMILES string of the molecule is CC1(C)c2ccccc2-c2c(-c3ccc(N(C4=C(c5cccc6sc7ccccc7c56)CCC=C4)c4cccc5ccccc45)cc3)cccc21. The summed E-state index contributed by atoms with van der Waals surface area (Å²) < 4.78 is 2.68. The van der Waals surface area contributed by atoms with Gasteiger partial charge in [0.15, 0.2) is 0 Å². The minimum absolute atomic E-state index is 0.0279. The molecule has 1 aromatic heterocycles. The Labute approximate surface area is 303 Å². The third-order valence-corrected chi connectivity index (χ3v) is 12.3. The van der Waals surface area contributed by atoms with Crippen LogP contribution in [0.1, 0.15) is 43.4 Å². The Kier molecular flexibility index (Phi) is 6.91. The Morgan fingerprint density at radius 2 is 1.24 bits per heavy atom. The van der Waals surface area contributed by atoms with Gasteiger partial charge in [-0.3, -0.25) is 0 Å². The number of benzene rings is 7. The number of anilines is 2. The zero-order valence-electron chi connectivity index (χ0n) is 28.9. The largest absolute Gasteiger partial charge is 0.310 e. The standard InChI is InChI=1S/C49H37NS/c1-49(2)41-22-8-5-18-39(41)47-36(20-12-23-42(47)49)33-28-30-34(31-29-33)50(43-25-11-15-32-14-3-4-16-35(32)43)44-24-9-6-17-37(44)38-21-13-27-46-48(38)40-19-7-10-26-45(40)51-46/h3-5,7-16,18-31H,6,17H2,1-2H3. The van der Waals surface area contributed by atoms with E-state index in [0.29, 0.717) is 0 Å². The fraction of sp³-hybridized carbons (Fsp3) is 0.102. The highest BCUT2D eigenvalue weighted by Gasteiger charge is 2.36. The molecule has 244 valence electrons. The smallest absolute Gasteiger partial charge is 0.0540 e. The molecule has 1 nitrogen and oxygen atoms in total. The number of hydrogen-bond acceptors (Lipinski definition) is 2. The van der Waals surface area contributed by atoms with E-state index in [-0.39, 0.29) is 5.41 Å². The van der Waals surface area contributed by atoms with Crippen molar-refractivity contribution < 1.29 is 0 Å². The summed E-state index contributed by atoms with van der Waals surface area (Å²) >= 11 is 1.89. The van der Waals surface area contributed by atoms with Crippen LogP contribution in [0, 0.1) is 0 Å². The van der Waals surface area contributed by atoms with Crippen LogP contribution < -0.4 is 4.90 Å². The van der Waals surface area contributed by atoms with E-state index in [2.05, 4.69) is 183 Å². The van der Waals surface area contributed by atoms with E-state index in [1.807, 2.05) is 11.3 Å². The van der Waals surface area contributed by atoms with Crippen molar-refractivity contribution in [1.29, 1.82) is 0 Å². The lowest BCUT2D eigenvalue weighted by Crippen LogP contribution is -2.18. The van der Waals surface area contributed by atoms with Crippen molar-refractivity contribution in [2.75, 3.05) is 4.90 Å². The van der Waals surface area contributed by atoms with Gasteiger partial charge in [-0.1, -0.05) is 141 Å². The maximum absolute atomic E-state index is 2.51. The van der Waals surface area contributed by atoms with Crippen molar-refractivity contribution in [3.05, 3.63) is 186 Å². The predicted octanol–water partition coefficient (Wildman–Crippen LogP) is 14.1. The quantitative estimate of drug-likeness (QED) is 0.176. The molecule has 0 saturated carbocycles. The van der Waals surface area contributed by atoms with Gasteiger partial charge in [-0.2, -0.15) is 0 Å². The second kappa shape index (κ2) is 11.7. The summed E-state index contributed by atoms with van der Waals surface area (Å²) in [5, 5.41) is 5.20. The summed E-state index contributed by atoms with van der Waals surface area (Å²) in [5.74, 6) is 0. The zero-order chi connectivity index (χ0) is 34.1. The van der Waals surface area contributed by atoms with Gasteiger partial charge in [-0.15, -0.1) is 11.3 Å². The van der Waals surface area contributed by atoms with Gasteiger partial charge in [0.25, 0.3) is 0 Å². The van der Waals surface area contributed by atoms with E-state index < -0.39 is 0 Å². The fourth-order valence-electron chi connectivity index (χ4n) is 8.76. The van der Waals surface area contributed by atoms with Crippen LogP contribution in [0.5, 0.6) is 0 Å². The van der Waals surface area contributed by atoms with Gasteiger partial charge in [0.05, 0.1) is 5.69 Å². The van der Waals surface area contributed by atoms with E-state index in [4.69, 9.17) is 0 Å². The number of nitrogens with zero attached hydrogens (tertiary/aromatic N) is 1. The fourth-order valence-corrected chi connectivity index (χ4v) is 9.89. The molecule has 0 fully saturated rings. The summed E-state index contributed by atoms with van der Waals surface area (Å²) in [6, 6.07) is 56.3. The van der Waals surface area contributed by atoms with Crippen molar-refractivity contribution >= 4 is 59.2 Å². The van der Waals surface area contributed by atoms with Crippen LogP contribution in [0.3, 0.4) is 0 Å². The van der Waals surface area contributed by atoms with Crippen molar-refractivity contribution in [2.24, 2.45) is 0 Å². The lowest BCUT2D eigenvalue weighted by Gasteiger charge is -2.32. The first kappa shape index (κ1) is 30.2. The number of allylic oxidation sites excluding steroid dienone is 3. The summed E-state index contributed by atoms with van der Waals surface area (Å²) in [6.07, 6.45) is 6.73. The highest BCUT2D eigenvalue weighted by molar-refractivity contribution is 7.25. The van der Waals surface area contributed by atoms with E-state index in [0.717, 1.165) is 18.5 Å². The van der Waals surface area contributed by atoms with Crippen molar-refractivity contribution in [3.63, 3.8) is 0 Å². The van der Waals surface area contributed by atoms with Crippen LogP contribution in [0.15, 0.2) is 170 Å². The molecule has 10 rings (SSSR count). The van der Waals surface area contributed by atoms with Crippen molar-refractivity contribution in [3.8, 4) is 22.3 Å². The molecule has 2 aliphatic carbocycles. The molecule has 0 aliphatic heterocycles. The summed E-state index contributed by atoms with van der Waals surface area (Å²) in [4.78, 5) is 2.51. The molecule has 0 atom stereocenters. The van der Waals surface area contributed by atoms with Gasteiger partial charge in [0, 0.05) is 42.4 Å². The first-order chi connectivity index (χ1) is 25.1. The molecule has 0 amide bonds. The van der Waals surface area contributed by atoms with E-state index in [1.54, 1.807) is 0 Å². The first-order valence-corrected chi connectivity index (χ1v) is 18.8. The third kappa shape index (κ3) is 4.67. The lowest BCUT2D eigenvalue weighted by molar-refractivity contribution is 0.660. The molecule has 0 saturated heterocycles. The first-order valence-electron chi connectivity index (χ1n) is 18.0. The Morgan fingerprint density at radius 3 is 2.14 bits per heavy atom. The van der Waals surface area contributed by atoms with Gasteiger partial charge in [0.2, 0.25) is 0 Å². The molecular weight excluding hydrogens is 635 g/mol. The highest BCUT2D eigenvalue weighted by atomic mass is 32.1. The van der Waals surface area contributed by atoms with Gasteiger partial charge < -0.3 is 4.90 Å². The summed E-state index contributed by atoms with van der Waals surface area (Å²) in [7, 11) is 0. The summed E-state index contributed by atoms with van der Waals surface area (Å²) in [5.41, 5.74) is 14.4. The minimum atomic E-state index is -0.0279. The molecule has 7 aromatic carbocycles. The topological polar surface area (TPSA) is 3.24 Å². The van der Waals surface area contributed by atoms with Gasteiger partial charge in [-0.25, -0.2) is 0 Å². The zero-order valence-corrected chi connectivity index (χ0v) is 29.7. The molecular formula is C49H37NS. The number of thiophene rings is 1. The normalized spacial score (nSPS) is 14.7. The molecule has 0 N–H and O–H groups in total. The van der Waals surface area contributed by atoms with Gasteiger partial charge >= 0.3 is 0 Å². The van der Waals surface area contributed by atoms with Crippen LogP contribution in [-0.4, -0.2) is 0 Å². The highest BCUT2D eigenvalue weighted by Crippen LogP contribution is 2.52. The molecule has 1 heterocycles. The number of rotatable bonds is 5. The predicted molar refractivity (Wildman–Crippen MR) is 220 cm³/mol. The van der Waals surface area contributed by atoms with E-state index in [9.17, 15) is 0 Å². The van der Waals surface area contributed by atoms with Crippen LogP contribution in [0.25, 0.3) is 58.8 Å². The monoisotopic (exact) mass is 671 g/mol. The Hall–Kier alpha value is -5.70. The van der Waals surface area contributed by atoms with E-state index >= 15 is 0 Å². The second-order valence-corrected chi connectivity index (χ2v) is 15.4. The third-order valence-electron chi connectivity index (χ3n) is 11.2. The number of hydrogen-bond donors (Lipinski definition) is 0. The molecule has 0 unspecified atom stereocenters. The maximum atomic E-state index is 2.51. The van der Waals surface area contributed by atoms with E-state index in [1.165, 1.54) is 86.8 Å². The Balaban J connectivity index is 1.19. The second-order valence-electron chi connectivity index (χ2n) is 14.4. The maximum Gasteiger partial charge on any atom is 0.0540 e. The van der Waals surface area contributed by atoms with Crippen LogP contribution in [0.2, 0.25) is 0 Å². The molecule has 0 spiro atoms. The number of fused-ring (bicyclic) bond motifs is 7. The van der Waals surface area contributed by atoms with Crippen LogP contribution >= 0.6 is 11.3 Å². The average molecular weight is 672 g/mol. The average Bonchev–Trinajstić information content (AvgIpc) is 3.68. The summed E-state index contributed by atoms with van der Waals surface area (Å²) in [6.45, 7) is 4.71. The molecule has 0 radical (unpaired) electrons. The van der Waals surface area contributed by atoms with Gasteiger partial charge in [-0.05, 0) is 99.2 Å². The molecule has 8 aromatic rings. The molecule has 2 heteroatoms. The minimum Gasteiger partial charge on any atom is -0.310 e. The van der Waals surface area contributed by atoms with Gasteiger partial charge in [0.1, 0.15) is 0 Å². The van der Waals surface area contributed by atoms with Crippen LogP contribution in [0.4, 0.5) is 11.4 Å². The van der Waals surface area contributed by atoms with Crippen molar-refractivity contribution in [1.82, 2.24) is 0 Å². The lowest BCUT2D eigenvalue weighted by atomic mass is 9.82. The Morgan fingerprint density at radius 1 is 0.569 bits per heavy atom. The van der Waals surface area contributed by atoms with Crippen molar-refractivity contribution in [2.45, 2.75) is 32.1 Å². The molecule has 2 aliphatic rings. The molecule has 0 bridgehead atoms. The molecule has 51 heavy (non-hydrogen) atoms.